The third kappa shape index (κ3) is 5.39. The smallest absolute Gasteiger partial charge is 0.251 e. The Bertz CT molecular complexity index is 629. The highest BCUT2D eigenvalue weighted by Crippen LogP contribution is 2.24. The Kier molecular flexibility index (Phi) is 6.33. The van der Waals surface area contributed by atoms with Crippen LogP contribution in [-0.2, 0) is 14.8 Å². The summed E-state index contributed by atoms with van der Waals surface area (Å²) in [4.78, 5) is 12.0. The third-order valence-electron chi connectivity index (χ3n) is 2.73. The van der Waals surface area contributed by atoms with Gasteiger partial charge in [0, 0.05) is 16.6 Å². The minimum Gasteiger partial charge on any atom is -0.377 e. The fraction of sp³-hybridized carbons (Fsp3) is 0.462. The number of sulfonamides is 1. The maximum Gasteiger partial charge on any atom is 0.251 e. The molecule has 1 rings (SSSR count). The molecule has 1 aromatic carbocycles. The van der Waals surface area contributed by atoms with E-state index in [4.69, 9.17) is 9.88 Å². The van der Waals surface area contributed by atoms with E-state index in [0.29, 0.717) is 23.2 Å². The molecule has 0 spiro atoms. The lowest BCUT2D eigenvalue weighted by molar-refractivity contribution is 0.0746. The number of benzene rings is 1. The molecule has 0 saturated heterocycles. The molecule has 21 heavy (non-hydrogen) atoms. The van der Waals surface area contributed by atoms with Crippen molar-refractivity contribution in [1.82, 2.24) is 5.32 Å². The molecule has 0 unspecified atom stereocenters. The van der Waals surface area contributed by atoms with Crippen molar-refractivity contribution in [2.24, 2.45) is 5.14 Å². The van der Waals surface area contributed by atoms with Crippen molar-refractivity contribution in [3.05, 3.63) is 27.7 Å². The minimum absolute atomic E-state index is 0.0866. The standard InChI is InChI=1S/C13H19BrN2O4S/c1-8(2)20-5-4-16-13(17)11-6-10(21(15,18)19)7-12(14)9(11)3/h6-8H,4-5H2,1-3H3,(H,16,17)(H2,15,18,19). The lowest BCUT2D eigenvalue weighted by atomic mass is 10.1. The normalized spacial score (nSPS) is 11.7. The first-order valence-electron chi connectivity index (χ1n) is 6.35. The molecule has 3 N–H and O–H groups in total. The number of primary sulfonamides is 1. The molecule has 0 aliphatic heterocycles. The average Bonchev–Trinajstić information content (AvgIpc) is 2.35. The lowest BCUT2D eigenvalue weighted by Gasteiger charge is -2.12. The van der Waals surface area contributed by atoms with Crippen LogP contribution in [0.1, 0.15) is 29.8 Å². The van der Waals surface area contributed by atoms with Gasteiger partial charge < -0.3 is 10.1 Å². The average molecular weight is 379 g/mol. The largest absolute Gasteiger partial charge is 0.377 e. The number of nitrogens with two attached hydrogens (primary N) is 1. The number of halogens is 1. The molecule has 6 nitrogen and oxygen atoms in total. The topological polar surface area (TPSA) is 98.5 Å². The van der Waals surface area contributed by atoms with E-state index in [0.717, 1.165) is 0 Å². The van der Waals surface area contributed by atoms with Gasteiger partial charge in [-0.05, 0) is 38.5 Å². The molecule has 8 heteroatoms. The van der Waals surface area contributed by atoms with Crippen LogP contribution in [-0.4, -0.2) is 33.6 Å². The molecule has 0 heterocycles. The van der Waals surface area contributed by atoms with Gasteiger partial charge in [-0.15, -0.1) is 0 Å². The van der Waals surface area contributed by atoms with Crippen molar-refractivity contribution in [1.29, 1.82) is 0 Å². The van der Waals surface area contributed by atoms with Crippen LogP contribution in [0.4, 0.5) is 0 Å². The molecule has 0 aliphatic carbocycles. The number of ether oxygens (including phenoxy) is 1. The number of hydrogen-bond acceptors (Lipinski definition) is 4. The molecule has 0 aromatic heterocycles. The second-order valence-electron chi connectivity index (χ2n) is 4.80. The molecule has 118 valence electrons. The number of rotatable bonds is 6. The summed E-state index contributed by atoms with van der Waals surface area (Å²) in [5.74, 6) is -0.369. The second kappa shape index (κ2) is 7.35. The lowest BCUT2D eigenvalue weighted by Crippen LogP contribution is -2.29. The van der Waals surface area contributed by atoms with Crippen molar-refractivity contribution in [2.75, 3.05) is 13.2 Å². The first-order valence-corrected chi connectivity index (χ1v) is 8.69. The fourth-order valence-corrected chi connectivity index (χ4v) is 2.78. The maximum atomic E-state index is 12.1. The third-order valence-corrected chi connectivity index (χ3v) is 4.45. The van der Waals surface area contributed by atoms with E-state index < -0.39 is 10.0 Å². The van der Waals surface area contributed by atoms with Crippen LogP contribution >= 0.6 is 15.9 Å². The summed E-state index contributed by atoms with van der Waals surface area (Å²) in [5, 5.41) is 7.78. The monoisotopic (exact) mass is 378 g/mol. The van der Waals surface area contributed by atoms with Crippen LogP contribution in [0.25, 0.3) is 0 Å². The zero-order valence-electron chi connectivity index (χ0n) is 12.1. The van der Waals surface area contributed by atoms with Crippen molar-refractivity contribution in [3.8, 4) is 0 Å². The zero-order valence-corrected chi connectivity index (χ0v) is 14.5. The predicted molar refractivity (Wildman–Crippen MR) is 83.7 cm³/mol. The summed E-state index contributed by atoms with van der Waals surface area (Å²) in [5.41, 5.74) is 0.905. The highest BCUT2D eigenvalue weighted by atomic mass is 79.9. The minimum atomic E-state index is -3.87. The van der Waals surface area contributed by atoms with Gasteiger partial charge in [0.1, 0.15) is 0 Å². The van der Waals surface area contributed by atoms with Crippen molar-refractivity contribution in [2.45, 2.75) is 31.8 Å². The molecule has 0 aliphatic rings. The fourth-order valence-electron chi connectivity index (χ4n) is 1.61. The Hall–Kier alpha value is -0.960. The van der Waals surface area contributed by atoms with Crippen LogP contribution in [0.15, 0.2) is 21.5 Å². The summed E-state index contributed by atoms with van der Waals surface area (Å²) in [6, 6.07) is 2.65. The molecular weight excluding hydrogens is 360 g/mol. The van der Waals surface area contributed by atoms with Crippen LogP contribution in [0, 0.1) is 6.92 Å². The zero-order chi connectivity index (χ0) is 16.2. The van der Waals surface area contributed by atoms with E-state index in [-0.39, 0.29) is 22.5 Å². The van der Waals surface area contributed by atoms with Crippen LogP contribution in [0.3, 0.4) is 0 Å². The van der Waals surface area contributed by atoms with E-state index in [1.54, 1.807) is 6.92 Å². The van der Waals surface area contributed by atoms with E-state index in [1.165, 1.54) is 12.1 Å². The Morgan fingerprint density at radius 1 is 1.43 bits per heavy atom. The molecule has 0 saturated carbocycles. The Labute approximate surface area is 133 Å². The molecule has 0 bridgehead atoms. The second-order valence-corrected chi connectivity index (χ2v) is 7.21. The first kappa shape index (κ1) is 18.1. The van der Waals surface area contributed by atoms with Gasteiger partial charge in [-0.2, -0.15) is 0 Å². The number of carbonyl (C=O) groups excluding carboxylic acids is 1. The van der Waals surface area contributed by atoms with Gasteiger partial charge >= 0.3 is 0 Å². The van der Waals surface area contributed by atoms with Crippen LogP contribution < -0.4 is 10.5 Å². The molecule has 0 fully saturated rings. The quantitative estimate of drug-likeness (QED) is 0.733. The Morgan fingerprint density at radius 3 is 2.57 bits per heavy atom. The van der Waals surface area contributed by atoms with Gasteiger partial charge in [-0.1, -0.05) is 15.9 Å². The highest BCUT2D eigenvalue weighted by molar-refractivity contribution is 9.10. The van der Waals surface area contributed by atoms with E-state index in [1.807, 2.05) is 13.8 Å². The summed E-state index contributed by atoms with van der Waals surface area (Å²) < 4.78 is 28.7. The SMILES string of the molecule is Cc1c(Br)cc(S(N)(=O)=O)cc1C(=O)NCCOC(C)C. The summed E-state index contributed by atoms with van der Waals surface area (Å²) in [6.07, 6.45) is 0.0866. The van der Waals surface area contributed by atoms with Gasteiger partial charge in [-0.25, -0.2) is 13.6 Å². The van der Waals surface area contributed by atoms with Crippen LogP contribution in [0.2, 0.25) is 0 Å². The van der Waals surface area contributed by atoms with Gasteiger partial charge in [0.2, 0.25) is 10.0 Å². The summed E-state index contributed by atoms with van der Waals surface area (Å²) in [6.45, 7) is 6.25. The first-order chi connectivity index (χ1) is 9.62. The number of carbonyl (C=O) groups is 1. The van der Waals surface area contributed by atoms with Gasteiger partial charge in [0.25, 0.3) is 5.91 Å². The maximum absolute atomic E-state index is 12.1. The highest BCUT2D eigenvalue weighted by Gasteiger charge is 2.17. The van der Waals surface area contributed by atoms with Crippen LogP contribution in [0.5, 0.6) is 0 Å². The van der Waals surface area contributed by atoms with E-state index >= 15 is 0 Å². The van der Waals surface area contributed by atoms with E-state index in [9.17, 15) is 13.2 Å². The van der Waals surface area contributed by atoms with Crippen molar-refractivity contribution >= 4 is 31.9 Å². The number of amides is 1. The molecule has 0 radical (unpaired) electrons. The van der Waals surface area contributed by atoms with Crippen molar-refractivity contribution in [3.63, 3.8) is 0 Å². The molecule has 0 atom stereocenters. The summed E-state index contributed by atoms with van der Waals surface area (Å²) in [7, 11) is -3.87. The summed E-state index contributed by atoms with van der Waals surface area (Å²) >= 11 is 3.23. The van der Waals surface area contributed by atoms with Gasteiger partial charge in [-0.3, -0.25) is 4.79 Å². The predicted octanol–water partition coefficient (Wildman–Crippen LogP) is 1.56. The molecule has 1 aromatic rings. The molecule has 1 amide bonds. The number of hydrogen-bond donors (Lipinski definition) is 2. The number of nitrogens with one attached hydrogen (secondary N) is 1. The van der Waals surface area contributed by atoms with Crippen molar-refractivity contribution < 1.29 is 17.9 Å². The van der Waals surface area contributed by atoms with E-state index in [2.05, 4.69) is 21.2 Å². The molecular formula is C13H19BrN2O4S. The van der Waals surface area contributed by atoms with Gasteiger partial charge in [0.05, 0.1) is 17.6 Å². The van der Waals surface area contributed by atoms with Gasteiger partial charge in [0.15, 0.2) is 0 Å². The Morgan fingerprint density at radius 2 is 2.05 bits per heavy atom. The Balaban J connectivity index is 2.91.